The van der Waals surface area contributed by atoms with Crippen LogP contribution in [-0.2, 0) is 4.79 Å². The molecule has 206 valence electrons. The molecule has 11 heteroatoms. The van der Waals surface area contributed by atoms with Crippen molar-refractivity contribution < 1.29 is 9.53 Å². The summed E-state index contributed by atoms with van der Waals surface area (Å²) in [6, 6.07) is 16.3. The van der Waals surface area contributed by atoms with Crippen LogP contribution in [0.1, 0.15) is 49.4 Å². The van der Waals surface area contributed by atoms with Crippen molar-refractivity contribution in [2.24, 2.45) is 5.10 Å². The van der Waals surface area contributed by atoms with Crippen LogP contribution < -0.4 is 15.6 Å². The highest BCUT2D eigenvalue weighted by Crippen LogP contribution is 2.32. The zero-order chi connectivity index (χ0) is 28.2. The first-order valence-corrected chi connectivity index (χ1v) is 16.0. The van der Waals surface area contributed by atoms with E-state index in [-0.39, 0.29) is 24.0 Å². The first kappa shape index (κ1) is 29.5. The van der Waals surface area contributed by atoms with Gasteiger partial charge in [-0.15, -0.1) is 0 Å². The van der Waals surface area contributed by atoms with Crippen molar-refractivity contribution in [3.05, 3.63) is 93.0 Å². The maximum absolute atomic E-state index is 13.6. The van der Waals surface area contributed by atoms with Crippen LogP contribution in [0.15, 0.2) is 69.0 Å². The third-order valence-corrected chi connectivity index (χ3v) is 8.97. The number of rotatable bonds is 7. The molecule has 0 radical (unpaired) electrons. The first-order chi connectivity index (χ1) is 19.3. The molecule has 1 aliphatic rings. The van der Waals surface area contributed by atoms with Gasteiger partial charge in [-0.25, -0.2) is 4.98 Å². The van der Waals surface area contributed by atoms with Gasteiger partial charge in [0, 0.05) is 21.1 Å². The summed E-state index contributed by atoms with van der Waals surface area (Å²) in [5.74, 6) is 1.25. The number of nitrogens with zero attached hydrogens (tertiary/aromatic N) is 3. The molecule has 4 aromatic rings. The molecule has 7 nitrogen and oxygen atoms in total. The van der Waals surface area contributed by atoms with E-state index in [4.69, 9.17) is 21.3 Å². The largest absolute Gasteiger partial charge is 0.482 e. The van der Waals surface area contributed by atoms with Gasteiger partial charge >= 0.3 is 0 Å². The Hall–Kier alpha value is -2.03. The average Bonchev–Trinajstić information content (AvgIpc) is 2.94. The Balaban J connectivity index is 1.38. The van der Waals surface area contributed by atoms with Gasteiger partial charge in [0.05, 0.1) is 24.3 Å². The summed E-state index contributed by atoms with van der Waals surface area (Å²) >= 11 is 13.7. The maximum atomic E-state index is 13.6. The minimum Gasteiger partial charge on any atom is -0.482 e. The van der Waals surface area contributed by atoms with E-state index in [0.717, 1.165) is 42.9 Å². The molecule has 1 amide bonds. The second-order valence-corrected chi connectivity index (χ2v) is 13.2. The lowest BCUT2D eigenvalue weighted by molar-refractivity contribution is -0.118. The molecule has 40 heavy (non-hydrogen) atoms. The summed E-state index contributed by atoms with van der Waals surface area (Å²) in [7, 11) is 0. The third-order valence-electron chi connectivity index (χ3n) is 6.62. The Morgan fingerprint density at radius 2 is 1.80 bits per heavy atom. The summed E-state index contributed by atoms with van der Waals surface area (Å²) in [4.78, 5) is 30.9. The molecule has 1 fully saturated rings. The number of amides is 1. The number of halogens is 4. The predicted molar refractivity (Wildman–Crippen MR) is 180 cm³/mol. The number of anilines is 1. The second-order valence-electron chi connectivity index (χ2n) is 9.49. The highest BCUT2D eigenvalue weighted by atomic mass is 127. The van der Waals surface area contributed by atoms with Crippen LogP contribution in [0, 0.1) is 7.14 Å². The van der Waals surface area contributed by atoms with Gasteiger partial charge in [-0.3, -0.25) is 9.59 Å². The number of benzene rings is 3. The topological polar surface area (TPSA) is 85.6 Å². The second kappa shape index (κ2) is 13.3. The SMILES string of the molecule is O=C(COc1c(I)cc(C=Nn2c(C3CCCCC3)nc3ccc(Br)cc3c2=O)cc1I)Nc1ccc(Cl)cc1. The van der Waals surface area contributed by atoms with E-state index in [9.17, 15) is 9.59 Å². The molecule has 0 bridgehead atoms. The normalized spacial score (nSPS) is 14.1. The van der Waals surface area contributed by atoms with E-state index < -0.39 is 0 Å². The van der Waals surface area contributed by atoms with Crippen molar-refractivity contribution in [2.75, 3.05) is 11.9 Å². The summed E-state index contributed by atoms with van der Waals surface area (Å²) < 4.78 is 9.79. The zero-order valence-corrected chi connectivity index (χ0v) is 27.8. The van der Waals surface area contributed by atoms with E-state index in [2.05, 4.69) is 71.5 Å². The van der Waals surface area contributed by atoms with E-state index in [1.807, 2.05) is 24.3 Å². The van der Waals surface area contributed by atoms with Crippen LogP contribution in [0.3, 0.4) is 0 Å². The molecule has 5 rings (SSSR count). The highest BCUT2D eigenvalue weighted by molar-refractivity contribution is 14.1. The molecule has 1 aliphatic carbocycles. The van der Waals surface area contributed by atoms with Crippen molar-refractivity contribution in [1.29, 1.82) is 0 Å². The number of hydrogen-bond donors (Lipinski definition) is 1. The number of carbonyl (C=O) groups is 1. The van der Waals surface area contributed by atoms with Gasteiger partial charge in [0.1, 0.15) is 11.6 Å². The third kappa shape index (κ3) is 7.05. The molecule has 1 aromatic heterocycles. The van der Waals surface area contributed by atoms with E-state index in [1.54, 1.807) is 36.5 Å². The molecule has 0 spiro atoms. The fourth-order valence-corrected chi connectivity index (χ4v) is 7.30. The van der Waals surface area contributed by atoms with Crippen LogP contribution in [0.25, 0.3) is 10.9 Å². The van der Waals surface area contributed by atoms with Gasteiger partial charge in [-0.2, -0.15) is 9.78 Å². The van der Waals surface area contributed by atoms with Crippen LogP contribution in [-0.4, -0.2) is 28.4 Å². The fraction of sp³-hybridized carbons (Fsp3) is 0.241. The Bertz CT molecular complexity index is 1630. The van der Waals surface area contributed by atoms with Gasteiger partial charge in [-0.1, -0.05) is 46.8 Å². The predicted octanol–water partition coefficient (Wildman–Crippen LogP) is 7.97. The summed E-state index contributed by atoms with van der Waals surface area (Å²) in [5.41, 5.74) is 1.96. The van der Waals surface area contributed by atoms with Crippen LogP contribution in [0.5, 0.6) is 5.75 Å². The van der Waals surface area contributed by atoms with Crippen LogP contribution in [0.4, 0.5) is 5.69 Å². The van der Waals surface area contributed by atoms with Gasteiger partial charge in [0.15, 0.2) is 6.61 Å². The summed E-state index contributed by atoms with van der Waals surface area (Å²) in [6.45, 7) is -0.138. The molecule has 1 heterocycles. The van der Waals surface area contributed by atoms with E-state index in [0.29, 0.717) is 33.2 Å². The van der Waals surface area contributed by atoms with Crippen LogP contribution in [0.2, 0.25) is 5.02 Å². The van der Waals surface area contributed by atoms with Crippen LogP contribution >= 0.6 is 72.7 Å². The van der Waals surface area contributed by atoms with Gasteiger partial charge in [0.25, 0.3) is 11.5 Å². The minimum absolute atomic E-state index is 0.138. The molecule has 0 saturated heterocycles. The number of fused-ring (bicyclic) bond motifs is 1. The molecule has 3 aromatic carbocycles. The Morgan fingerprint density at radius 1 is 1.10 bits per heavy atom. The highest BCUT2D eigenvalue weighted by Gasteiger charge is 2.22. The monoisotopic (exact) mass is 844 g/mol. The Morgan fingerprint density at radius 3 is 2.50 bits per heavy atom. The van der Waals surface area contributed by atoms with Gasteiger partial charge < -0.3 is 10.1 Å². The zero-order valence-electron chi connectivity index (χ0n) is 21.2. The van der Waals surface area contributed by atoms with Crippen molar-refractivity contribution >= 4 is 101 Å². The summed E-state index contributed by atoms with van der Waals surface area (Å²) in [5, 5.41) is 8.57. The minimum atomic E-state index is -0.274. The lowest BCUT2D eigenvalue weighted by Crippen LogP contribution is -2.25. The lowest BCUT2D eigenvalue weighted by Gasteiger charge is -2.22. The molecule has 1 N–H and O–H groups in total. The van der Waals surface area contributed by atoms with E-state index in [1.165, 1.54) is 11.1 Å². The number of carbonyl (C=O) groups excluding carboxylic acids is 1. The maximum Gasteiger partial charge on any atom is 0.282 e. The number of ether oxygens (including phenoxy) is 1. The van der Waals surface area contributed by atoms with E-state index >= 15 is 0 Å². The van der Waals surface area contributed by atoms with Crippen molar-refractivity contribution in [3.63, 3.8) is 0 Å². The fourth-order valence-electron chi connectivity index (χ4n) is 4.69. The van der Waals surface area contributed by atoms with Gasteiger partial charge in [-0.05, 0) is 118 Å². The van der Waals surface area contributed by atoms with Crippen molar-refractivity contribution in [1.82, 2.24) is 9.66 Å². The van der Waals surface area contributed by atoms with Crippen molar-refractivity contribution in [2.45, 2.75) is 38.0 Å². The molecule has 0 unspecified atom stereocenters. The number of nitrogens with one attached hydrogen (secondary N) is 1. The molecule has 1 saturated carbocycles. The first-order valence-electron chi connectivity index (χ1n) is 12.7. The number of aromatic nitrogens is 2. The molecule has 0 atom stereocenters. The Kier molecular flexibility index (Phi) is 9.80. The summed E-state index contributed by atoms with van der Waals surface area (Å²) in [6.07, 6.45) is 7.13. The Labute approximate surface area is 272 Å². The lowest BCUT2D eigenvalue weighted by atomic mass is 9.88. The molecular formula is C29H24BrClI2N4O3. The number of hydrogen-bond acceptors (Lipinski definition) is 5. The molecular weight excluding hydrogens is 822 g/mol. The smallest absolute Gasteiger partial charge is 0.282 e. The standard InChI is InChI=1S/C29H24BrClI2N4O3/c30-19-6-11-25-22(14-19)29(39)37(28(36-25)18-4-2-1-3-5-18)34-15-17-12-23(32)27(24(33)13-17)40-16-26(38)35-21-9-7-20(31)8-10-21/h6-15,18H,1-5,16H2,(H,35,38). The molecule has 0 aliphatic heterocycles. The van der Waals surface area contributed by atoms with Gasteiger partial charge in [0.2, 0.25) is 0 Å². The average molecular weight is 846 g/mol. The van der Waals surface area contributed by atoms with Crippen molar-refractivity contribution in [3.8, 4) is 5.75 Å². The quantitative estimate of drug-likeness (QED) is 0.151.